The van der Waals surface area contributed by atoms with Crippen molar-refractivity contribution in [3.8, 4) is 0 Å². The normalized spacial score (nSPS) is 18.4. The lowest BCUT2D eigenvalue weighted by molar-refractivity contribution is 0.208. The fourth-order valence-electron chi connectivity index (χ4n) is 2.17. The number of hydrogen-bond acceptors (Lipinski definition) is 2. The number of hydrogen-bond donors (Lipinski definition) is 1. The van der Waals surface area contributed by atoms with Crippen LogP contribution in [-0.2, 0) is 0 Å². The quantitative estimate of drug-likeness (QED) is 0.609. The Morgan fingerprint density at radius 2 is 1.47 bits per heavy atom. The fraction of sp³-hybridized carbons (Fsp3) is 1.00. The second-order valence-electron chi connectivity index (χ2n) is 6.80. The summed E-state index contributed by atoms with van der Waals surface area (Å²) in [6.45, 7) is 13.1. The van der Waals surface area contributed by atoms with Gasteiger partial charge in [0.1, 0.15) is 0 Å². The van der Waals surface area contributed by atoms with Crippen LogP contribution < -0.4 is 0 Å². The van der Waals surface area contributed by atoms with Gasteiger partial charge in [-0.05, 0) is 61.8 Å². The van der Waals surface area contributed by atoms with Crippen LogP contribution in [0.4, 0.5) is 0 Å². The zero-order chi connectivity index (χ0) is 12.9. The summed E-state index contributed by atoms with van der Waals surface area (Å²) in [6.07, 6.45) is 5.47. The lowest BCUT2D eigenvalue weighted by Crippen LogP contribution is -2.34. The van der Waals surface area contributed by atoms with Crippen LogP contribution in [0.2, 0.25) is 0 Å². The van der Waals surface area contributed by atoms with Gasteiger partial charge in [0.05, 0.1) is 0 Å². The molecule has 1 fully saturated rings. The van der Waals surface area contributed by atoms with Gasteiger partial charge in [-0.1, -0.05) is 27.7 Å². The third-order valence-corrected chi connectivity index (χ3v) is 4.57. The van der Waals surface area contributed by atoms with Gasteiger partial charge in [-0.15, -0.1) is 0 Å². The van der Waals surface area contributed by atoms with Crippen molar-refractivity contribution in [1.82, 2.24) is 4.90 Å². The third kappa shape index (κ3) is 6.15. The van der Waals surface area contributed by atoms with Crippen LogP contribution in [0.15, 0.2) is 0 Å². The minimum Gasteiger partial charge on any atom is -0.303 e. The van der Waals surface area contributed by atoms with E-state index in [0.717, 1.165) is 17.6 Å². The maximum absolute atomic E-state index is 4.53. The highest BCUT2D eigenvalue weighted by molar-refractivity contribution is 7.80. The fourth-order valence-corrected chi connectivity index (χ4v) is 2.59. The molecule has 0 unspecified atom stereocenters. The molecule has 1 nitrogen and oxygen atoms in total. The molecule has 1 rings (SSSR count). The van der Waals surface area contributed by atoms with Gasteiger partial charge in [0, 0.05) is 6.54 Å². The molecule has 2 heteroatoms. The van der Waals surface area contributed by atoms with Gasteiger partial charge in [0.15, 0.2) is 0 Å². The highest BCUT2D eigenvalue weighted by Gasteiger charge is 2.42. The molecule has 1 aliphatic carbocycles. The first-order valence-corrected chi connectivity index (χ1v) is 7.94. The minimum atomic E-state index is 0.580. The van der Waals surface area contributed by atoms with Crippen molar-refractivity contribution in [2.24, 2.45) is 17.3 Å². The maximum Gasteiger partial charge on any atom is 0.00458 e. The zero-order valence-electron chi connectivity index (χ0n) is 12.2. The molecule has 0 bridgehead atoms. The Kier molecular flexibility index (Phi) is 6.36. The van der Waals surface area contributed by atoms with Gasteiger partial charge < -0.3 is 4.90 Å². The second kappa shape index (κ2) is 7.04. The Bertz CT molecular complexity index is 197. The van der Waals surface area contributed by atoms with Crippen LogP contribution in [0, 0.1) is 17.3 Å². The maximum atomic E-state index is 4.53. The van der Waals surface area contributed by atoms with E-state index in [1.165, 1.54) is 45.3 Å². The number of rotatable bonds is 9. The monoisotopic (exact) mass is 257 g/mol. The van der Waals surface area contributed by atoms with Crippen LogP contribution >= 0.6 is 12.6 Å². The van der Waals surface area contributed by atoms with E-state index in [-0.39, 0.29) is 0 Å². The van der Waals surface area contributed by atoms with Gasteiger partial charge in [0.2, 0.25) is 0 Å². The first-order chi connectivity index (χ1) is 7.97. The van der Waals surface area contributed by atoms with E-state index < -0.39 is 0 Å². The molecular weight excluding hydrogens is 226 g/mol. The van der Waals surface area contributed by atoms with Crippen molar-refractivity contribution in [2.45, 2.75) is 53.4 Å². The van der Waals surface area contributed by atoms with Crippen LogP contribution in [0.3, 0.4) is 0 Å². The Hall–Kier alpha value is 0.310. The molecule has 0 spiro atoms. The summed E-state index contributed by atoms with van der Waals surface area (Å²) in [5.74, 6) is 2.72. The molecular formula is C15H31NS. The van der Waals surface area contributed by atoms with E-state index in [9.17, 15) is 0 Å². The smallest absolute Gasteiger partial charge is 0.00458 e. The van der Waals surface area contributed by atoms with Crippen molar-refractivity contribution in [1.29, 1.82) is 0 Å². The molecule has 0 amide bonds. The Balaban J connectivity index is 2.35. The van der Waals surface area contributed by atoms with E-state index in [1.54, 1.807) is 0 Å². The summed E-state index contributed by atoms with van der Waals surface area (Å²) in [6, 6.07) is 0. The lowest BCUT2D eigenvalue weighted by atomic mass is 10.1. The van der Waals surface area contributed by atoms with Crippen molar-refractivity contribution in [3.63, 3.8) is 0 Å². The molecule has 0 aromatic carbocycles. The Morgan fingerprint density at radius 3 is 1.76 bits per heavy atom. The van der Waals surface area contributed by atoms with Gasteiger partial charge in [-0.25, -0.2) is 0 Å². The molecule has 0 saturated heterocycles. The van der Waals surface area contributed by atoms with Crippen LogP contribution in [0.1, 0.15) is 53.4 Å². The topological polar surface area (TPSA) is 3.24 Å². The van der Waals surface area contributed by atoms with E-state index in [2.05, 4.69) is 45.2 Å². The van der Waals surface area contributed by atoms with E-state index >= 15 is 0 Å². The van der Waals surface area contributed by atoms with E-state index in [4.69, 9.17) is 0 Å². The standard InChI is InChI=1S/C15H31NS/c1-13(2)5-9-16(10-6-14(3)4)11-15(12-17)7-8-15/h13-14,17H,5-12H2,1-4H3. The largest absolute Gasteiger partial charge is 0.303 e. The van der Waals surface area contributed by atoms with E-state index in [1.807, 2.05) is 0 Å². The summed E-state index contributed by atoms with van der Waals surface area (Å²) in [7, 11) is 0. The second-order valence-corrected chi connectivity index (χ2v) is 7.12. The molecule has 1 saturated carbocycles. The van der Waals surface area contributed by atoms with Gasteiger partial charge in [0.25, 0.3) is 0 Å². The van der Waals surface area contributed by atoms with Gasteiger partial charge in [-0.2, -0.15) is 12.6 Å². The highest BCUT2D eigenvalue weighted by atomic mass is 32.1. The Labute approximate surface area is 114 Å². The van der Waals surface area contributed by atoms with Crippen molar-refractivity contribution < 1.29 is 0 Å². The first kappa shape index (κ1) is 15.4. The van der Waals surface area contributed by atoms with Crippen LogP contribution in [0.25, 0.3) is 0 Å². The zero-order valence-corrected chi connectivity index (χ0v) is 13.1. The Morgan fingerprint density at radius 1 is 1.00 bits per heavy atom. The van der Waals surface area contributed by atoms with Crippen molar-refractivity contribution >= 4 is 12.6 Å². The highest BCUT2D eigenvalue weighted by Crippen LogP contribution is 2.47. The molecule has 0 radical (unpaired) electrons. The molecule has 17 heavy (non-hydrogen) atoms. The summed E-state index contributed by atoms with van der Waals surface area (Å²) in [5, 5.41) is 0. The minimum absolute atomic E-state index is 0.580. The SMILES string of the molecule is CC(C)CCN(CCC(C)C)CC1(CS)CC1. The summed E-state index contributed by atoms with van der Waals surface area (Å²) >= 11 is 4.53. The van der Waals surface area contributed by atoms with Crippen molar-refractivity contribution in [2.75, 3.05) is 25.4 Å². The summed E-state index contributed by atoms with van der Waals surface area (Å²) < 4.78 is 0. The van der Waals surface area contributed by atoms with Crippen LogP contribution in [0.5, 0.6) is 0 Å². The molecule has 0 atom stereocenters. The van der Waals surface area contributed by atoms with Crippen LogP contribution in [-0.4, -0.2) is 30.3 Å². The predicted octanol–water partition coefficient (Wildman–Crippen LogP) is 4.09. The predicted molar refractivity (Wildman–Crippen MR) is 80.9 cm³/mol. The van der Waals surface area contributed by atoms with Crippen molar-refractivity contribution in [3.05, 3.63) is 0 Å². The summed E-state index contributed by atoms with van der Waals surface area (Å²) in [4.78, 5) is 2.70. The molecule has 0 N–H and O–H groups in total. The average molecular weight is 257 g/mol. The van der Waals surface area contributed by atoms with Gasteiger partial charge >= 0.3 is 0 Å². The lowest BCUT2D eigenvalue weighted by Gasteiger charge is -2.28. The molecule has 102 valence electrons. The summed E-state index contributed by atoms with van der Waals surface area (Å²) in [5.41, 5.74) is 0.580. The average Bonchev–Trinajstić information content (AvgIpc) is 3.02. The van der Waals surface area contributed by atoms with E-state index in [0.29, 0.717) is 5.41 Å². The number of thiol groups is 1. The number of nitrogens with zero attached hydrogens (tertiary/aromatic N) is 1. The molecule has 1 aliphatic rings. The molecule has 0 aliphatic heterocycles. The molecule has 0 heterocycles. The first-order valence-electron chi connectivity index (χ1n) is 7.31. The molecule has 0 aromatic heterocycles. The van der Waals surface area contributed by atoms with Gasteiger partial charge in [-0.3, -0.25) is 0 Å². The molecule has 0 aromatic rings. The third-order valence-electron chi connectivity index (χ3n) is 3.90.